The maximum absolute atomic E-state index is 14.2. The number of amides is 2. The van der Waals surface area contributed by atoms with Crippen LogP contribution in [0.25, 0.3) is 11.1 Å². The molecule has 0 unspecified atom stereocenters. The van der Waals surface area contributed by atoms with Crippen LogP contribution in [0.2, 0.25) is 0 Å². The minimum absolute atomic E-state index is 0.0115. The van der Waals surface area contributed by atoms with Crippen molar-refractivity contribution >= 4 is 17.8 Å². The molecular weight excluding hydrogens is 451 g/mol. The molecule has 0 aromatic heterocycles. The lowest BCUT2D eigenvalue weighted by atomic mass is 9.98. The molecule has 176 valence electrons. The van der Waals surface area contributed by atoms with Gasteiger partial charge in [-0.2, -0.15) is 13.2 Å². The number of halogens is 5. The van der Waals surface area contributed by atoms with Crippen LogP contribution >= 0.6 is 0 Å². The molecule has 1 aliphatic rings. The van der Waals surface area contributed by atoms with Gasteiger partial charge in [0.2, 0.25) is 11.8 Å². The fourth-order valence-corrected chi connectivity index (χ4v) is 3.27. The number of carbonyl (C=O) groups is 3. The summed E-state index contributed by atoms with van der Waals surface area (Å²) >= 11 is 0. The Balaban J connectivity index is 1.67. The Labute approximate surface area is 185 Å². The van der Waals surface area contributed by atoms with Gasteiger partial charge in [-0.1, -0.05) is 30.3 Å². The first kappa shape index (κ1) is 24.1. The summed E-state index contributed by atoms with van der Waals surface area (Å²) in [4.78, 5) is 35.8. The third-order valence-electron chi connectivity index (χ3n) is 5.13. The molecule has 0 aliphatic heterocycles. The van der Waals surface area contributed by atoms with E-state index in [1.807, 2.05) is 0 Å². The number of rotatable bonds is 7. The largest absolute Gasteiger partial charge is 0.465 e. The van der Waals surface area contributed by atoms with Crippen molar-refractivity contribution in [2.24, 2.45) is 0 Å². The molecule has 2 amide bonds. The highest BCUT2D eigenvalue weighted by molar-refractivity contribution is 5.97. The van der Waals surface area contributed by atoms with Crippen molar-refractivity contribution in [3.63, 3.8) is 0 Å². The molecule has 0 heterocycles. The molecule has 1 saturated carbocycles. The Kier molecular flexibility index (Phi) is 6.71. The fraction of sp³-hybridized carbons (Fsp3) is 0.318. The summed E-state index contributed by atoms with van der Waals surface area (Å²) in [5, 5.41) is 4.71. The smallest absolute Gasteiger partial charge is 0.397 e. The molecule has 2 N–H and O–H groups in total. The standard InChI is InChI=1S/C22H19F5N2O4/c1-33-19(31)17-14(6-7-15(23)18(17)24)13-4-2-12(3-5-13)11-28-20(32)21(8-9-21)29-16(30)10-22(25,26)27/h2-7H,8-11H2,1H3,(H,28,32)(H,29,30). The van der Waals surface area contributed by atoms with Crippen LogP contribution in [0, 0.1) is 11.6 Å². The van der Waals surface area contributed by atoms with Crippen LogP contribution in [0.3, 0.4) is 0 Å². The maximum Gasteiger partial charge on any atom is 0.397 e. The van der Waals surface area contributed by atoms with E-state index in [2.05, 4.69) is 15.4 Å². The second kappa shape index (κ2) is 9.16. The van der Waals surface area contributed by atoms with Gasteiger partial charge in [-0.15, -0.1) is 0 Å². The number of nitrogens with one attached hydrogen (secondary N) is 2. The van der Waals surface area contributed by atoms with E-state index >= 15 is 0 Å². The molecule has 11 heteroatoms. The lowest BCUT2D eigenvalue weighted by molar-refractivity contribution is -0.155. The van der Waals surface area contributed by atoms with Crippen LogP contribution in [0.15, 0.2) is 36.4 Å². The van der Waals surface area contributed by atoms with Crippen LogP contribution in [-0.4, -0.2) is 36.6 Å². The molecule has 3 rings (SSSR count). The number of alkyl halides is 3. The number of methoxy groups -OCH3 is 1. The van der Waals surface area contributed by atoms with Gasteiger partial charge in [-0.25, -0.2) is 13.6 Å². The molecule has 0 radical (unpaired) electrons. The van der Waals surface area contributed by atoms with Crippen LogP contribution in [0.5, 0.6) is 0 Å². The zero-order chi connectivity index (χ0) is 24.4. The number of esters is 1. The minimum Gasteiger partial charge on any atom is -0.465 e. The number of carbonyl (C=O) groups excluding carboxylic acids is 3. The third-order valence-corrected chi connectivity index (χ3v) is 5.13. The minimum atomic E-state index is -4.67. The van der Waals surface area contributed by atoms with Gasteiger partial charge < -0.3 is 15.4 Å². The number of hydrogen-bond acceptors (Lipinski definition) is 4. The summed E-state index contributed by atoms with van der Waals surface area (Å²) < 4.78 is 69.3. The highest BCUT2D eigenvalue weighted by Gasteiger charge is 2.51. The highest BCUT2D eigenvalue weighted by atomic mass is 19.4. The van der Waals surface area contributed by atoms with Gasteiger partial charge in [0.05, 0.1) is 7.11 Å². The van der Waals surface area contributed by atoms with Gasteiger partial charge >= 0.3 is 12.1 Å². The Bertz CT molecular complexity index is 1080. The molecule has 2 aromatic rings. The lowest BCUT2D eigenvalue weighted by Gasteiger charge is -2.18. The van der Waals surface area contributed by atoms with Gasteiger partial charge in [0.1, 0.15) is 17.5 Å². The van der Waals surface area contributed by atoms with E-state index in [9.17, 15) is 36.3 Å². The Morgan fingerprint density at radius 1 is 1.03 bits per heavy atom. The van der Waals surface area contributed by atoms with Crippen LogP contribution < -0.4 is 10.6 Å². The topological polar surface area (TPSA) is 84.5 Å². The van der Waals surface area contributed by atoms with E-state index in [0.29, 0.717) is 11.1 Å². The molecule has 2 aromatic carbocycles. The molecule has 0 bridgehead atoms. The molecule has 0 atom stereocenters. The number of hydrogen-bond donors (Lipinski definition) is 2. The van der Waals surface area contributed by atoms with Gasteiger partial charge in [0, 0.05) is 6.54 Å². The second-order valence-electron chi connectivity index (χ2n) is 7.58. The van der Waals surface area contributed by atoms with Crippen molar-refractivity contribution in [2.75, 3.05) is 7.11 Å². The molecule has 1 aliphatic carbocycles. The zero-order valence-corrected chi connectivity index (χ0v) is 17.3. The van der Waals surface area contributed by atoms with E-state index in [-0.39, 0.29) is 24.9 Å². The summed E-state index contributed by atoms with van der Waals surface area (Å²) in [6.07, 6.45) is -5.87. The fourth-order valence-electron chi connectivity index (χ4n) is 3.27. The summed E-state index contributed by atoms with van der Waals surface area (Å²) in [5.41, 5.74) is -0.804. The van der Waals surface area contributed by atoms with Gasteiger partial charge in [-0.05, 0) is 35.6 Å². The highest BCUT2D eigenvalue weighted by Crippen LogP contribution is 2.36. The summed E-state index contributed by atoms with van der Waals surface area (Å²) in [6, 6.07) is 8.31. The van der Waals surface area contributed by atoms with Crippen molar-refractivity contribution in [3.8, 4) is 11.1 Å². The van der Waals surface area contributed by atoms with Gasteiger partial charge in [0.15, 0.2) is 11.6 Å². The van der Waals surface area contributed by atoms with E-state index < -0.39 is 53.1 Å². The Morgan fingerprint density at radius 3 is 2.21 bits per heavy atom. The third kappa shape index (κ3) is 5.65. The maximum atomic E-state index is 14.2. The van der Waals surface area contributed by atoms with Crippen molar-refractivity contribution in [2.45, 2.75) is 37.5 Å². The quantitative estimate of drug-likeness (QED) is 0.478. The summed E-state index contributed by atoms with van der Waals surface area (Å²) in [6.45, 7) is 0.0115. The monoisotopic (exact) mass is 470 g/mol. The second-order valence-corrected chi connectivity index (χ2v) is 7.58. The lowest BCUT2D eigenvalue weighted by Crippen LogP contribution is -2.49. The SMILES string of the molecule is COC(=O)c1c(-c2ccc(CNC(=O)C3(NC(=O)CC(F)(F)F)CC3)cc2)ccc(F)c1F. The average Bonchev–Trinajstić information content (AvgIpc) is 3.52. The van der Waals surface area contributed by atoms with Gasteiger partial charge in [-0.3, -0.25) is 9.59 Å². The molecular formula is C22H19F5N2O4. The zero-order valence-electron chi connectivity index (χ0n) is 17.3. The first-order valence-electron chi connectivity index (χ1n) is 9.77. The van der Waals surface area contributed by atoms with Crippen molar-refractivity contribution in [3.05, 3.63) is 59.2 Å². The molecule has 6 nitrogen and oxygen atoms in total. The normalized spacial score (nSPS) is 14.4. The van der Waals surface area contributed by atoms with E-state index in [1.54, 1.807) is 12.1 Å². The van der Waals surface area contributed by atoms with Crippen molar-refractivity contribution in [1.29, 1.82) is 0 Å². The predicted molar refractivity (Wildman–Crippen MR) is 106 cm³/mol. The first-order valence-corrected chi connectivity index (χ1v) is 9.77. The van der Waals surface area contributed by atoms with Crippen LogP contribution in [0.4, 0.5) is 22.0 Å². The van der Waals surface area contributed by atoms with Crippen LogP contribution in [0.1, 0.15) is 35.2 Å². The van der Waals surface area contributed by atoms with E-state index in [4.69, 9.17) is 0 Å². The average molecular weight is 470 g/mol. The molecule has 1 fully saturated rings. The van der Waals surface area contributed by atoms with Gasteiger partial charge in [0.25, 0.3) is 0 Å². The predicted octanol–water partition coefficient (Wildman–Crippen LogP) is 3.64. The van der Waals surface area contributed by atoms with Crippen molar-refractivity contribution < 1.29 is 41.1 Å². The Morgan fingerprint density at radius 2 is 1.67 bits per heavy atom. The summed E-state index contributed by atoms with van der Waals surface area (Å²) in [5.74, 6) is -5.45. The van der Waals surface area contributed by atoms with Crippen LogP contribution in [-0.2, 0) is 20.9 Å². The molecule has 0 saturated heterocycles. The molecule has 0 spiro atoms. The van der Waals surface area contributed by atoms with Crippen molar-refractivity contribution in [1.82, 2.24) is 10.6 Å². The number of benzene rings is 2. The number of ether oxygens (including phenoxy) is 1. The van der Waals surface area contributed by atoms with E-state index in [0.717, 1.165) is 13.2 Å². The Hall–Kier alpha value is -3.50. The van der Waals surface area contributed by atoms with E-state index in [1.165, 1.54) is 18.2 Å². The summed E-state index contributed by atoms with van der Waals surface area (Å²) in [7, 11) is 1.04. The molecule has 33 heavy (non-hydrogen) atoms. The first-order chi connectivity index (χ1) is 15.5.